The standard InChI is InChI=1S/C18H32O16/c19-1-5(22)9(24)16(6(23)2-20)34-18-15(30)13(28)11(26)8(33-18)4-31-17-14(29)12(27)10(25)7(3-21)32-17/h5,7-22,24-30H,1-4H2/t5-,7-,8-,9-,10-,11-,12+,13+,14-,15-,16-,17+,18-/m1/s1. The van der Waals surface area contributed by atoms with Crippen LogP contribution in [0.1, 0.15) is 0 Å². The molecular weight excluding hydrogens is 472 g/mol. The number of aliphatic hydroxyl groups is 11. The third-order valence-electron chi connectivity index (χ3n) is 5.59. The van der Waals surface area contributed by atoms with Crippen LogP contribution in [0, 0.1) is 0 Å². The zero-order valence-electron chi connectivity index (χ0n) is 17.8. The van der Waals surface area contributed by atoms with Crippen molar-refractivity contribution in [2.75, 3.05) is 26.4 Å². The SMILES string of the molecule is O=C(CO)[C@@H](O[C@H]1O[C@H](CO[C@H]2O[C@H](CO)[C@@H](O)[C@H](O)[C@H]2O)[C@@H](O)[C@H](O)[C@H]1O)[C@H](O)[C@H](O)CO. The molecule has 0 aromatic carbocycles. The van der Waals surface area contributed by atoms with E-state index in [2.05, 4.69) is 0 Å². The second-order valence-electron chi connectivity index (χ2n) is 7.97. The van der Waals surface area contributed by atoms with Crippen molar-refractivity contribution in [1.29, 1.82) is 0 Å². The van der Waals surface area contributed by atoms with Gasteiger partial charge in [-0.15, -0.1) is 0 Å². The van der Waals surface area contributed by atoms with E-state index in [1.54, 1.807) is 0 Å². The number of carbonyl (C=O) groups excluding carboxylic acids is 1. The molecule has 0 aromatic rings. The van der Waals surface area contributed by atoms with Crippen molar-refractivity contribution in [1.82, 2.24) is 0 Å². The fourth-order valence-corrected chi connectivity index (χ4v) is 3.45. The summed E-state index contributed by atoms with van der Waals surface area (Å²) in [7, 11) is 0. The molecule has 0 radical (unpaired) electrons. The van der Waals surface area contributed by atoms with E-state index in [0.29, 0.717) is 0 Å². The molecule has 16 nitrogen and oxygen atoms in total. The van der Waals surface area contributed by atoms with Crippen LogP contribution in [0.25, 0.3) is 0 Å². The maximum Gasteiger partial charge on any atom is 0.189 e. The van der Waals surface area contributed by atoms with Crippen LogP contribution in [0.5, 0.6) is 0 Å². The molecule has 2 fully saturated rings. The number of hydrogen-bond donors (Lipinski definition) is 11. The number of ketones is 1. The van der Waals surface area contributed by atoms with Crippen LogP contribution in [0.3, 0.4) is 0 Å². The molecule has 13 atom stereocenters. The van der Waals surface area contributed by atoms with Crippen LogP contribution in [0.2, 0.25) is 0 Å². The Balaban J connectivity index is 2.11. The topological polar surface area (TPSA) is 277 Å². The first-order chi connectivity index (χ1) is 16.0. The molecule has 200 valence electrons. The second-order valence-corrected chi connectivity index (χ2v) is 7.97. The predicted molar refractivity (Wildman–Crippen MR) is 102 cm³/mol. The number of aliphatic hydroxyl groups excluding tert-OH is 11. The van der Waals surface area contributed by atoms with E-state index in [-0.39, 0.29) is 0 Å². The highest BCUT2D eigenvalue weighted by Crippen LogP contribution is 2.27. The van der Waals surface area contributed by atoms with Gasteiger partial charge < -0.3 is 75.1 Å². The van der Waals surface area contributed by atoms with E-state index < -0.39 is 112 Å². The van der Waals surface area contributed by atoms with Gasteiger partial charge in [-0.1, -0.05) is 0 Å². The number of rotatable bonds is 11. The summed E-state index contributed by atoms with van der Waals surface area (Å²) in [6.07, 6.45) is -23.2. The Morgan fingerprint density at radius 3 is 1.82 bits per heavy atom. The molecular formula is C18H32O16. The summed E-state index contributed by atoms with van der Waals surface area (Å²) < 4.78 is 20.8. The van der Waals surface area contributed by atoms with Gasteiger partial charge >= 0.3 is 0 Å². The van der Waals surface area contributed by atoms with Crippen molar-refractivity contribution in [2.45, 2.75) is 79.7 Å². The third-order valence-corrected chi connectivity index (χ3v) is 5.59. The van der Waals surface area contributed by atoms with E-state index >= 15 is 0 Å². The minimum absolute atomic E-state index is 0.673. The first-order valence-electron chi connectivity index (χ1n) is 10.4. The zero-order valence-corrected chi connectivity index (χ0v) is 17.8. The fraction of sp³-hybridized carbons (Fsp3) is 0.944. The van der Waals surface area contributed by atoms with Gasteiger partial charge in [0.05, 0.1) is 19.8 Å². The first-order valence-corrected chi connectivity index (χ1v) is 10.4. The van der Waals surface area contributed by atoms with Gasteiger partial charge in [0, 0.05) is 0 Å². The maximum absolute atomic E-state index is 12.0. The molecule has 2 rings (SSSR count). The van der Waals surface area contributed by atoms with Gasteiger partial charge in [0.2, 0.25) is 0 Å². The van der Waals surface area contributed by atoms with Gasteiger partial charge in [-0.05, 0) is 0 Å². The largest absolute Gasteiger partial charge is 0.394 e. The highest BCUT2D eigenvalue weighted by atomic mass is 16.7. The Morgan fingerprint density at radius 2 is 1.29 bits per heavy atom. The van der Waals surface area contributed by atoms with E-state index in [1.165, 1.54) is 0 Å². The molecule has 0 bridgehead atoms. The van der Waals surface area contributed by atoms with Gasteiger partial charge in [0.1, 0.15) is 73.8 Å². The summed E-state index contributed by atoms with van der Waals surface area (Å²) in [4.78, 5) is 12.0. The molecule has 0 aliphatic carbocycles. The van der Waals surface area contributed by atoms with Crippen LogP contribution >= 0.6 is 0 Å². The minimum atomic E-state index is -2.06. The molecule has 0 unspecified atom stereocenters. The monoisotopic (exact) mass is 504 g/mol. The van der Waals surface area contributed by atoms with Gasteiger partial charge in [0.25, 0.3) is 0 Å². The van der Waals surface area contributed by atoms with Crippen LogP contribution < -0.4 is 0 Å². The molecule has 0 saturated carbocycles. The number of Topliss-reactive ketones (excluding diaryl/α,β-unsaturated/α-hetero) is 1. The van der Waals surface area contributed by atoms with Crippen molar-refractivity contribution >= 4 is 5.78 Å². The summed E-state index contributed by atoms with van der Waals surface area (Å²) in [5.74, 6) is -1.16. The van der Waals surface area contributed by atoms with E-state index in [4.69, 9.17) is 29.2 Å². The van der Waals surface area contributed by atoms with Crippen LogP contribution in [0.4, 0.5) is 0 Å². The van der Waals surface area contributed by atoms with Gasteiger partial charge in [-0.3, -0.25) is 4.79 Å². The molecule has 2 saturated heterocycles. The van der Waals surface area contributed by atoms with Gasteiger partial charge in [-0.25, -0.2) is 0 Å². The van der Waals surface area contributed by atoms with Crippen LogP contribution in [0.15, 0.2) is 0 Å². The molecule has 0 spiro atoms. The Bertz CT molecular complexity index is 635. The van der Waals surface area contributed by atoms with Crippen molar-refractivity contribution < 1.29 is 79.9 Å². The van der Waals surface area contributed by atoms with Crippen molar-refractivity contribution in [2.24, 2.45) is 0 Å². The van der Waals surface area contributed by atoms with E-state index in [0.717, 1.165) is 0 Å². The molecule has 16 heteroatoms. The Kier molecular flexibility index (Phi) is 11.1. The van der Waals surface area contributed by atoms with Crippen LogP contribution in [-0.4, -0.2) is 168 Å². The van der Waals surface area contributed by atoms with Gasteiger partial charge in [-0.2, -0.15) is 0 Å². The van der Waals surface area contributed by atoms with E-state index in [1.807, 2.05) is 0 Å². The minimum Gasteiger partial charge on any atom is -0.394 e. The average molecular weight is 504 g/mol. The lowest BCUT2D eigenvalue weighted by molar-refractivity contribution is -0.337. The molecule has 2 heterocycles. The normalized spacial score (nSPS) is 41.6. The molecule has 34 heavy (non-hydrogen) atoms. The summed E-state index contributed by atoms with van der Waals surface area (Å²) in [6, 6.07) is 0. The molecule has 11 N–H and O–H groups in total. The summed E-state index contributed by atoms with van der Waals surface area (Å²) in [5.41, 5.74) is 0. The molecule has 2 aliphatic heterocycles. The van der Waals surface area contributed by atoms with Crippen molar-refractivity contribution in [3.8, 4) is 0 Å². The Morgan fingerprint density at radius 1 is 0.765 bits per heavy atom. The maximum atomic E-state index is 12.0. The lowest BCUT2D eigenvalue weighted by Gasteiger charge is -2.43. The van der Waals surface area contributed by atoms with E-state index in [9.17, 15) is 50.8 Å². The predicted octanol–water partition coefficient (Wildman–Crippen LogP) is -7.73. The summed E-state index contributed by atoms with van der Waals surface area (Å²) >= 11 is 0. The zero-order chi connectivity index (χ0) is 25.7. The Hall–Kier alpha value is -0.930. The molecule has 0 aromatic heterocycles. The second kappa shape index (κ2) is 12.9. The first kappa shape index (κ1) is 29.3. The smallest absolute Gasteiger partial charge is 0.189 e. The quantitative estimate of drug-likeness (QED) is 0.125. The number of hydrogen-bond acceptors (Lipinski definition) is 16. The molecule has 0 amide bonds. The lowest BCUT2D eigenvalue weighted by Crippen LogP contribution is -2.62. The third kappa shape index (κ3) is 6.44. The summed E-state index contributed by atoms with van der Waals surface area (Å²) in [5, 5.41) is 107. The fourth-order valence-electron chi connectivity index (χ4n) is 3.45. The van der Waals surface area contributed by atoms with Gasteiger partial charge in [0.15, 0.2) is 18.4 Å². The molecule has 2 aliphatic rings. The lowest BCUT2D eigenvalue weighted by atomic mass is 9.98. The van der Waals surface area contributed by atoms with Crippen molar-refractivity contribution in [3.05, 3.63) is 0 Å². The average Bonchev–Trinajstić information content (AvgIpc) is 2.84. The highest BCUT2D eigenvalue weighted by Gasteiger charge is 2.49. The highest BCUT2D eigenvalue weighted by molar-refractivity contribution is 5.84. The van der Waals surface area contributed by atoms with Crippen molar-refractivity contribution in [3.63, 3.8) is 0 Å². The summed E-state index contributed by atoms with van der Waals surface area (Å²) in [6.45, 7) is -3.54. The Labute approximate surface area is 192 Å². The number of carbonyl (C=O) groups is 1. The number of ether oxygens (including phenoxy) is 4. The van der Waals surface area contributed by atoms with Crippen LogP contribution in [-0.2, 0) is 23.7 Å².